The molecule has 5 heteroatoms. The van der Waals surface area contributed by atoms with Crippen LogP contribution in [-0.2, 0) is 7.05 Å². The van der Waals surface area contributed by atoms with Crippen molar-refractivity contribution in [1.82, 2.24) is 14.8 Å². The zero-order chi connectivity index (χ0) is 11.0. The van der Waals surface area contributed by atoms with E-state index in [9.17, 15) is 4.79 Å². The van der Waals surface area contributed by atoms with E-state index in [1.165, 1.54) is 11.0 Å². The van der Waals surface area contributed by atoms with Crippen molar-refractivity contribution in [2.75, 3.05) is 0 Å². The van der Waals surface area contributed by atoms with Gasteiger partial charge in [0.15, 0.2) is 5.82 Å². The molecule has 15 heavy (non-hydrogen) atoms. The minimum Gasteiger partial charge on any atom is -0.466 e. The molecule has 2 rings (SSSR count). The maximum atomic E-state index is 12.0. The number of carbonyl (C=O) groups excluding carboxylic acids is 1. The molecule has 2 aromatic heterocycles. The number of carbonyl (C=O) groups is 1. The summed E-state index contributed by atoms with van der Waals surface area (Å²) in [5.41, 5.74) is 0.545. The van der Waals surface area contributed by atoms with Gasteiger partial charge in [-0.2, -0.15) is 5.10 Å². The minimum absolute atomic E-state index is 0.163. The monoisotopic (exact) mass is 205 g/mol. The van der Waals surface area contributed by atoms with Gasteiger partial charge in [-0.05, 0) is 19.9 Å². The number of furan rings is 1. The molecule has 0 amide bonds. The van der Waals surface area contributed by atoms with Gasteiger partial charge in [0.25, 0.3) is 0 Å². The molecule has 0 aliphatic heterocycles. The molecule has 5 nitrogen and oxygen atoms in total. The molecule has 2 heterocycles. The van der Waals surface area contributed by atoms with E-state index in [0.29, 0.717) is 17.1 Å². The Morgan fingerprint density at radius 3 is 2.67 bits per heavy atom. The van der Waals surface area contributed by atoms with E-state index in [2.05, 4.69) is 10.1 Å². The van der Waals surface area contributed by atoms with Gasteiger partial charge in [0, 0.05) is 7.05 Å². The first-order valence-electron chi connectivity index (χ1n) is 4.55. The van der Waals surface area contributed by atoms with Crippen molar-refractivity contribution in [1.29, 1.82) is 0 Å². The van der Waals surface area contributed by atoms with Gasteiger partial charge in [0.05, 0.1) is 5.56 Å². The van der Waals surface area contributed by atoms with Crippen LogP contribution in [0.5, 0.6) is 0 Å². The maximum absolute atomic E-state index is 12.0. The van der Waals surface area contributed by atoms with Crippen molar-refractivity contribution in [2.45, 2.75) is 13.8 Å². The molecule has 0 spiro atoms. The number of aromatic nitrogens is 3. The average Bonchev–Trinajstić information content (AvgIpc) is 2.71. The van der Waals surface area contributed by atoms with Gasteiger partial charge in [-0.1, -0.05) is 0 Å². The second-order valence-electron chi connectivity index (χ2n) is 3.36. The molecule has 0 aliphatic carbocycles. The molecule has 0 fully saturated rings. The largest absolute Gasteiger partial charge is 0.466 e. The summed E-state index contributed by atoms with van der Waals surface area (Å²) in [6, 6.07) is 1.71. The summed E-state index contributed by atoms with van der Waals surface area (Å²) in [5, 5.41) is 3.85. The van der Waals surface area contributed by atoms with E-state index in [0.717, 1.165) is 5.76 Å². The Morgan fingerprint density at radius 1 is 1.47 bits per heavy atom. The number of hydrogen-bond donors (Lipinski definition) is 0. The van der Waals surface area contributed by atoms with Crippen molar-refractivity contribution < 1.29 is 9.21 Å². The first-order chi connectivity index (χ1) is 7.09. The molecule has 0 unspecified atom stereocenters. The number of ketones is 1. The lowest BCUT2D eigenvalue weighted by atomic mass is 10.1. The zero-order valence-corrected chi connectivity index (χ0v) is 8.81. The van der Waals surface area contributed by atoms with Crippen LogP contribution < -0.4 is 0 Å². The Kier molecular flexibility index (Phi) is 2.15. The van der Waals surface area contributed by atoms with Gasteiger partial charge >= 0.3 is 0 Å². The van der Waals surface area contributed by atoms with Gasteiger partial charge in [0.1, 0.15) is 17.8 Å². The lowest BCUT2D eigenvalue weighted by molar-refractivity contribution is 0.102. The Bertz CT molecular complexity index is 510. The maximum Gasteiger partial charge on any atom is 0.233 e. The van der Waals surface area contributed by atoms with Crippen molar-refractivity contribution in [3.05, 3.63) is 35.3 Å². The fraction of sp³-hybridized carbons (Fsp3) is 0.300. The van der Waals surface area contributed by atoms with Crippen LogP contribution in [0.3, 0.4) is 0 Å². The first kappa shape index (κ1) is 9.64. The van der Waals surface area contributed by atoms with Crippen molar-refractivity contribution >= 4 is 5.78 Å². The molecular weight excluding hydrogens is 194 g/mol. The van der Waals surface area contributed by atoms with Crippen LogP contribution in [-0.4, -0.2) is 20.5 Å². The molecule has 0 bridgehead atoms. The first-order valence-corrected chi connectivity index (χ1v) is 4.55. The van der Waals surface area contributed by atoms with Crippen LogP contribution in [0.25, 0.3) is 0 Å². The molecular formula is C10H11N3O2. The molecule has 2 aromatic rings. The van der Waals surface area contributed by atoms with Crippen molar-refractivity contribution in [2.24, 2.45) is 7.05 Å². The van der Waals surface area contributed by atoms with Crippen LogP contribution >= 0.6 is 0 Å². The van der Waals surface area contributed by atoms with Gasteiger partial charge in [-0.25, -0.2) is 9.67 Å². The van der Waals surface area contributed by atoms with Gasteiger partial charge in [-0.3, -0.25) is 4.79 Å². The highest BCUT2D eigenvalue weighted by molar-refractivity contribution is 6.07. The number of aryl methyl sites for hydroxylation is 3. The second kappa shape index (κ2) is 3.34. The number of hydrogen-bond acceptors (Lipinski definition) is 4. The quantitative estimate of drug-likeness (QED) is 0.692. The van der Waals surface area contributed by atoms with Crippen LogP contribution in [0.1, 0.15) is 27.7 Å². The predicted molar refractivity (Wildman–Crippen MR) is 52.6 cm³/mol. The Morgan fingerprint density at radius 2 is 2.20 bits per heavy atom. The summed E-state index contributed by atoms with van der Waals surface area (Å²) in [5.74, 6) is 1.49. The highest BCUT2D eigenvalue weighted by Crippen LogP contribution is 2.16. The summed E-state index contributed by atoms with van der Waals surface area (Å²) < 4.78 is 6.74. The van der Waals surface area contributed by atoms with E-state index in [1.54, 1.807) is 27.0 Å². The Labute approximate surface area is 86.7 Å². The van der Waals surface area contributed by atoms with E-state index in [4.69, 9.17) is 4.42 Å². The smallest absolute Gasteiger partial charge is 0.233 e. The summed E-state index contributed by atoms with van der Waals surface area (Å²) in [7, 11) is 1.68. The lowest BCUT2D eigenvalue weighted by Crippen LogP contribution is -2.09. The topological polar surface area (TPSA) is 60.9 Å². The summed E-state index contributed by atoms with van der Waals surface area (Å²) >= 11 is 0. The zero-order valence-electron chi connectivity index (χ0n) is 8.81. The third kappa shape index (κ3) is 1.56. The summed E-state index contributed by atoms with van der Waals surface area (Å²) in [6.45, 7) is 3.57. The number of rotatable bonds is 2. The highest BCUT2D eigenvalue weighted by atomic mass is 16.3. The molecule has 0 atom stereocenters. The van der Waals surface area contributed by atoms with E-state index in [-0.39, 0.29) is 5.78 Å². The third-order valence-electron chi connectivity index (χ3n) is 2.20. The molecule has 0 saturated heterocycles. The van der Waals surface area contributed by atoms with E-state index < -0.39 is 0 Å². The van der Waals surface area contributed by atoms with E-state index in [1.807, 2.05) is 0 Å². The molecule has 0 saturated carbocycles. The number of nitrogens with zero attached hydrogens (tertiary/aromatic N) is 3. The molecule has 0 aliphatic rings. The van der Waals surface area contributed by atoms with Crippen molar-refractivity contribution in [3.63, 3.8) is 0 Å². The van der Waals surface area contributed by atoms with Crippen LogP contribution in [0.2, 0.25) is 0 Å². The van der Waals surface area contributed by atoms with Crippen LogP contribution in [0, 0.1) is 13.8 Å². The van der Waals surface area contributed by atoms with E-state index >= 15 is 0 Å². The Hall–Kier alpha value is -1.91. The van der Waals surface area contributed by atoms with Gasteiger partial charge in [0.2, 0.25) is 5.78 Å². The minimum atomic E-state index is -0.163. The normalized spacial score (nSPS) is 10.6. The van der Waals surface area contributed by atoms with Gasteiger partial charge in [-0.15, -0.1) is 0 Å². The molecule has 78 valence electrons. The highest BCUT2D eigenvalue weighted by Gasteiger charge is 2.19. The average molecular weight is 205 g/mol. The van der Waals surface area contributed by atoms with Crippen LogP contribution in [0.15, 0.2) is 16.8 Å². The predicted octanol–water partition coefficient (Wildman–Crippen LogP) is 1.26. The fourth-order valence-corrected chi connectivity index (χ4v) is 1.48. The summed E-state index contributed by atoms with van der Waals surface area (Å²) in [6.07, 6.45) is 1.36. The second-order valence-corrected chi connectivity index (χ2v) is 3.36. The van der Waals surface area contributed by atoms with Crippen LogP contribution in [0.4, 0.5) is 0 Å². The lowest BCUT2D eigenvalue weighted by Gasteiger charge is -1.97. The molecule has 0 radical (unpaired) electrons. The molecule has 0 N–H and O–H groups in total. The summed E-state index contributed by atoms with van der Waals surface area (Å²) in [4.78, 5) is 15.9. The SMILES string of the molecule is Cc1cc(C(=O)c2ncnn2C)c(C)o1. The standard InChI is InChI=1S/C10H11N3O2/c1-6-4-8(7(2)15-6)9(14)10-11-5-12-13(10)3/h4-5H,1-3H3. The molecule has 0 aromatic carbocycles. The van der Waals surface area contributed by atoms with Crippen molar-refractivity contribution in [3.8, 4) is 0 Å². The van der Waals surface area contributed by atoms with Gasteiger partial charge < -0.3 is 4.42 Å². The third-order valence-corrected chi connectivity index (χ3v) is 2.20. The Balaban J connectivity index is 2.45. The fourth-order valence-electron chi connectivity index (χ4n) is 1.48.